The Labute approximate surface area is 153 Å². The van der Waals surface area contributed by atoms with Crippen LogP contribution in [0.3, 0.4) is 0 Å². The van der Waals surface area contributed by atoms with Gasteiger partial charge in [0.25, 0.3) is 0 Å². The number of hydrogen-bond donors (Lipinski definition) is 1. The molecule has 0 amide bonds. The van der Waals surface area contributed by atoms with Crippen molar-refractivity contribution in [2.24, 2.45) is 0 Å². The van der Waals surface area contributed by atoms with Crippen LogP contribution in [0.25, 0.3) is 5.57 Å². The summed E-state index contributed by atoms with van der Waals surface area (Å²) in [7, 11) is 0. The molecule has 3 rings (SSSR count). The van der Waals surface area contributed by atoms with Gasteiger partial charge < -0.3 is 24.8 Å². The summed E-state index contributed by atoms with van der Waals surface area (Å²) in [4.78, 5) is 0. The number of hydrogen-bond acceptors (Lipinski definition) is 1. The molecule has 21 heavy (non-hydrogen) atoms. The first-order valence-corrected chi connectivity index (χ1v) is 8.17. The van der Waals surface area contributed by atoms with Crippen LogP contribution in [0.15, 0.2) is 53.1 Å². The molecule has 1 N–H and O–H groups in total. The van der Waals surface area contributed by atoms with Crippen molar-refractivity contribution in [2.45, 2.75) is 23.4 Å². The second-order valence-electron chi connectivity index (χ2n) is 5.16. The van der Waals surface area contributed by atoms with Crippen molar-refractivity contribution in [3.8, 4) is 0 Å². The first-order valence-electron chi connectivity index (χ1n) is 6.75. The van der Waals surface area contributed by atoms with Crippen LogP contribution in [0.5, 0.6) is 0 Å². The smallest absolute Gasteiger partial charge is 1.00 e. The van der Waals surface area contributed by atoms with Crippen LogP contribution in [-0.2, 0) is 24.7 Å². The summed E-state index contributed by atoms with van der Waals surface area (Å²) in [5.41, 5.74) is 8.60. The summed E-state index contributed by atoms with van der Waals surface area (Å²) >= 11 is 1.56. The van der Waals surface area contributed by atoms with Crippen LogP contribution >= 0.6 is 0 Å². The summed E-state index contributed by atoms with van der Waals surface area (Å²) in [6, 6.07) is 8.79. The van der Waals surface area contributed by atoms with Gasteiger partial charge in [0.1, 0.15) is 0 Å². The Morgan fingerprint density at radius 1 is 1.24 bits per heavy atom. The Morgan fingerprint density at radius 3 is 2.67 bits per heavy atom. The molecule has 0 saturated heterocycles. The van der Waals surface area contributed by atoms with E-state index in [2.05, 4.69) is 43.3 Å². The Hall–Kier alpha value is -0.137. The zero-order valence-corrected chi connectivity index (χ0v) is 15.8. The van der Waals surface area contributed by atoms with E-state index in [9.17, 15) is 5.11 Å². The minimum Gasteiger partial charge on any atom is -1.00 e. The molecule has 109 valence electrons. The first-order chi connectivity index (χ1) is 9.24. The molecular weight excluding hydrogens is 382 g/mol. The fourth-order valence-electron chi connectivity index (χ4n) is 3.13. The molecule has 0 bridgehead atoms. The fourth-order valence-corrected chi connectivity index (χ4v) is 4.11. The van der Waals surface area contributed by atoms with E-state index in [1.54, 1.807) is 24.7 Å². The van der Waals surface area contributed by atoms with Crippen molar-refractivity contribution in [2.75, 3.05) is 6.61 Å². The molecule has 0 saturated carbocycles. The van der Waals surface area contributed by atoms with Gasteiger partial charge in [-0.3, -0.25) is 0 Å². The van der Waals surface area contributed by atoms with Crippen LogP contribution < -0.4 is 24.8 Å². The quantitative estimate of drug-likeness (QED) is 0.607. The normalized spacial score (nSPS) is 19.5. The van der Waals surface area contributed by atoms with E-state index in [0.29, 0.717) is 3.63 Å². The van der Waals surface area contributed by atoms with Crippen LogP contribution in [0.1, 0.15) is 34.5 Å². The molecule has 0 heterocycles. The van der Waals surface area contributed by atoms with Crippen molar-refractivity contribution in [1.29, 1.82) is 0 Å². The Balaban J connectivity index is 0.00000110. The minimum absolute atomic E-state index is 0. The van der Waals surface area contributed by atoms with Crippen LogP contribution in [0, 0.1) is 0 Å². The molecule has 1 nitrogen and oxygen atoms in total. The SMILES string of the molecule is CC1=C(C2=C(CCO)C=CC2)c2ccccc2[CH]1[Zr+2].[Cl-].[Cl-]. The monoisotopic (exact) mass is 397 g/mol. The molecule has 4 heteroatoms. The number of aliphatic hydroxyl groups is 1. The molecule has 0 aromatic heterocycles. The van der Waals surface area contributed by atoms with E-state index in [1.165, 1.54) is 33.4 Å². The van der Waals surface area contributed by atoms with Gasteiger partial charge in [0.2, 0.25) is 0 Å². The summed E-state index contributed by atoms with van der Waals surface area (Å²) in [6.45, 7) is 2.51. The predicted molar refractivity (Wildman–Crippen MR) is 74.3 cm³/mol. The van der Waals surface area contributed by atoms with Gasteiger partial charge in [0, 0.05) is 0 Å². The van der Waals surface area contributed by atoms with E-state index in [0.717, 1.165) is 12.8 Å². The third-order valence-electron chi connectivity index (χ3n) is 4.08. The third kappa shape index (κ3) is 3.29. The van der Waals surface area contributed by atoms with Gasteiger partial charge in [-0.15, -0.1) is 0 Å². The van der Waals surface area contributed by atoms with Crippen LogP contribution in [0.4, 0.5) is 0 Å². The van der Waals surface area contributed by atoms with Crippen molar-refractivity contribution >= 4 is 5.57 Å². The molecule has 0 radical (unpaired) electrons. The number of fused-ring (bicyclic) bond motifs is 1. The van der Waals surface area contributed by atoms with Crippen molar-refractivity contribution in [3.05, 3.63) is 64.3 Å². The molecule has 2 aliphatic rings. The predicted octanol–water partition coefficient (Wildman–Crippen LogP) is -2.29. The maximum atomic E-state index is 9.22. The van der Waals surface area contributed by atoms with Gasteiger partial charge in [-0.25, -0.2) is 0 Å². The Bertz CT molecular complexity index is 617. The summed E-state index contributed by atoms with van der Waals surface area (Å²) in [5.74, 6) is 0. The maximum Gasteiger partial charge on any atom is -1.00 e. The van der Waals surface area contributed by atoms with E-state index in [-0.39, 0.29) is 31.4 Å². The Morgan fingerprint density at radius 2 is 1.95 bits per heavy atom. The summed E-state index contributed by atoms with van der Waals surface area (Å²) < 4.78 is 0.599. The molecular formula is C17H17Cl2OZr. The third-order valence-corrected chi connectivity index (χ3v) is 5.91. The van der Waals surface area contributed by atoms with Gasteiger partial charge in [-0.1, -0.05) is 0 Å². The van der Waals surface area contributed by atoms with E-state index in [1.807, 2.05) is 0 Å². The maximum absolute atomic E-state index is 9.22. The second-order valence-corrected chi connectivity index (χ2v) is 6.58. The molecule has 0 spiro atoms. The van der Waals surface area contributed by atoms with E-state index >= 15 is 0 Å². The number of benzene rings is 1. The average molecular weight is 399 g/mol. The molecule has 0 aliphatic heterocycles. The number of aliphatic hydroxyl groups excluding tert-OH is 1. The molecule has 1 unspecified atom stereocenters. The second kappa shape index (κ2) is 7.93. The zero-order valence-electron chi connectivity index (χ0n) is 11.9. The largest absolute Gasteiger partial charge is 1.00 e. The summed E-state index contributed by atoms with van der Waals surface area (Å²) in [6.07, 6.45) is 6.19. The van der Waals surface area contributed by atoms with Crippen LogP contribution in [0.2, 0.25) is 0 Å². The van der Waals surface area contributed by atoms with Gasteiger partial charge >= 0.3 is 130 Å². The number of halogens is 2. The first kappa shape index (κ1) is 18.9. The molecule has 1 atom stereocenters. The zero-order chi connectivity index (χ0) is 13.4. The minimum atomic E-state index is 0. The van der Waals surface area contributed by atoms with Crippen molar-refractivity contribution in [3.63, 3.8) is 0 Å². The fraction of sp³-hybridized carbons (Fsp3) is 0.294. The Kier molecular flexibility index (Phi) is 7.14. The van der Waals surface area contributed by atoms with Gasteiger partial charge in [0.15, 0.2) is 0 Å². The molecule has 1 aromatic rings. The standard InChI is InChI=1S/C17H17O.2ClH.Zr/c1-12-11-14-5-2-3-7-16(14)17(12)15-8-4-6-13(15)9-10-18;;;/h2-7,11,18H,8-10H2,1H3;2*1H;/q;;;+2/p-2. The van der Waals surface area contributed by atoms with E-state index < -0.39 is 0 Å². The molecule has 0 fully saturated rings. The molecule has 1 aromatic carbocycles. The number of allylic oxidation sites excluding steroid dienone is 5. The van der Waals surface area contributed by atoms with Gasteiger partial charge in [-0.2, -0.15) is 0 Å². The number of rotatable bonds is 3. The van der Waals surface area contributed by atoms with Crippen LogP contribution in [-0.4, -0.2) is 11.7 Å². The van der Waals surface area contributed by atoms with Crippen molar-refractivity contribution in [1.82, 2.24) is 0 Å². The van der Waals surface area contributed by atoms with Crippen molar-refractivity contribution < 1.29 is 54.6 Å². The van der Waals surface area contributed by atoms with E-state index in [4.69, 9.17) is 0 Å². The van der Waals surface area contributed by atoms with Gasteiger partial charge in [-0.05, 0) is 0 Å². The van der Waals surface area contributed by atoms with Gasteiger partial charge in [0.05, 0.1) is 0 Å². The topological polar surface area (TPSA) is 20.2 Å². The molecule has 2 aliphatic carbocycles. The summed E-state index contributed by atoms with van der Waals surface area (Å²) in [5, 5.41) is 9.22. The average Bonchev–Trinajstić information content (AvgIpc) is 2.96.